The molecular formula is C21H26N2O2. The first-order valence-electron chi connectivity index (χ1n) is 8.71. The molecule has 0 fully saturated rings. The Bertz CT molecular complexity index is 793. The molecule has 1 amide bonds. The van der Waals surface area contributed by atoms with Crippen LogP contribution in [0.25, 0.3) is 11.1 Å². The van der Waals surface area contributed by atoms with Crippen LogP contribution in [0.3, 0.4) is 0 Å². The summed E-state index contributed by atoms with van der Waals surface area (Å²) in [6.07, 6.45) is -0.184. The van der Waals surface area contributed by atoms with Crippen LogP contribution < -0.4 is 10.2 Å². The Hall–Kier alpha value is -2.49. The molecule has 2 N–H and O–H groups in total. The van der Waals surface area contributed by atoms with Gasteiger partial charge in [-0.25, -0.2) is 4.79 Å². The highest BCUT2D eigenvalue weighted by Crippen LogP contribution is 2.37. The minimum absolute atomic E-state index is 0.109. The Labute approximate surface area is 149 Å². The number of carboxylic acid groups (broad SMARTS) is 1. The third kappa shape index (κ3) is 3.63. The minimum Gasteiger partial charge on any atom is -0.465 e. The summed E-state index contributed by atoms with van der Waals surface area (Å²) in [6.45, 7) is 7.49. The van der Waals surface area contributed by atoms with Crippen molar-refractivity contribution in [1.82, 2.24) is 5.32 Å². The third-order valence-electron chi connectivity index (χ3n) is 4.93. The molecule has 4 heteroatoms. The first kappa shape index (κ1) is 17.3. The van der Waals surface area contributed by atoms with Crippen LogP contribution >= 0.6 is 0 Å². The van der Waals surface area contributed by atoms with Gasteiger partial charge in [0, 0.05) is 19.3 Å². The number of nitrogens with zero attached hydrogens (tertiary/aromatic N) is 1. The average molecular weight is 338 g/mol. The maximum Gasteiger partial charge on any atom is 0.405 e. The standard InChI is InChI=1S/C21H26N2O2/c1-21(2,3)16-7-5-6-14(12-16)15-8-9-17-18(22-20(24)25)10-11-23(4)19(17)13-15/h5-9,12-13,18,22H,10-11H2,1-4H3,(H,24,25). The summed E-state index contributed by atoms with van der Waals surface area (Å²) in [5, 5.41) is 11.7. The summed E-state index contributed by atoms with van der Waals surface area (Å²) in [4.78, 5) is 13.3. The average Bonchev–Trinajstić information content (AvgIpc) is 2.56. The van der Waals surface area contributed by atoms with Crippen LogP contribution in [0.15, 0.2) is 42.5 Å². The normalized spacial score (nSPS) is 17.1. The second kappa shape index (κ2) is 6.43. The number of amides is 1. The summed E-state index contributed by atoms with van der Waals surface area (Å²) < 4.78 is 0. The number of carbonyl (C=O) groups is 1. The van der Waals surface area contributed by atoms with Gasteiger partial charge in [0.25, 0.3) is 0 Å². The summed E-state index contributed by atoms with van der Waals surface area (Å²) >= 11 is 0. The van der Waals surface area contributed by atoms with Crippen molar-refractivity contribution < 1.29 is 9.90 Å². The molecule has 2 aromatic rings. The van der Waals surface area contributed by atoms with Gasteiger partial charge in [-0.2, -0.15) is 0 Å². The molecule has 1 aliphatic rings. The third-order valence-corrected chi connectivity index (χ3v) is 4.93. The van der Waals surface area contributed by atoms with Gasteiger partial charge >= 0.3 is 6.09 Å². The molecule has 0 spiro atoms. The molecule has 2 aromatic carbocycles. The van der Waals surface area contributed by atoms with Crippen LogP contribution in [0, 0.1) is 0 Å². The lowest BCUT2D eigenvalue weighted by molar-refractivity contribution is 0.189. The van der Waals surface area contributed by atoms with E-state index in [0.717, 1.165) is 29.8 Å². The van der Waals surface area contributed by atoms with E-state index < -0.39 is 6.09 Å². The van der Waals surface area contributed by atoms with E-state index in [1.54, 1.807) is 0 Å². The molecule has 3 rings (SSSR count). The van der Waals surface area contributed by atoms with E-state index in [0.29, 0.717) is 0 Å². The molecule has 1 heterocycles. The van der Waals surface area contributed by atoms with Crippen LogP contribution in [0.1, 0.15) is 44.4 Å². The number of rotatable bonds is 2. The number of fused-ring (bicyclic) bond motifs is 1. The van der Waals surface area contributed by atoms with Crippen molar-refractivity contribution in [3.8, 4) is 11.1 Å². The Kier molecular flexibility index (Phi) is 4.46. The van der Waals surface area contributed by atoms with Crippen molar-refractivity contribution in [2.24, 2.45) is 0 Å². The molecule has 1 atom stereocenters. The van der Waals surface area contributed by atoms with Gasteiger partial charge in [-0.1, -0.05) is 57.2 Å². The van der Waals surface area contributed by atoms with Crippen molar-refractivity contribution in [2.45, 2.75) is 38.6 Å². The Morgan fingerprint density at radius 3 is 2.56 bits per heavy atom. The monoisotopic (exact) mass is 338 g/mol. The van der Waals surface area contributed by atoms with E-state index >= 15 is 0 Å². The fraction of sp³-hybridized carbons (Fsp3) is 0.381. The first-order valence-corrected chi connectivity index (χ1v) is 8.71. The van der Waals surface area contributed by atoms with Gasteiger partial charge in [-0.15, -0.1) is 0 Å². The molecule has 0 aromatic heterocycles. The lowest BCUT2D eigenvalue weighted by atomic mass is 9.85. The van der Waals surface area contributed by atoms with Gasteiger partial charge in [0.1, 0.15) is 0 Å². The van der Waals surface area contributed by atoms with Gasteiger partial charge in [-0.05, 0) is 40.2 Å². The van der Waals surface area contributed by atoms with Crippen molar-refractivity contribution >= 4 is 11.8 Å². The number of hydrogen-bond acceptors (Lipinski definition) is 2. The Balaban J connectivity index is 2.01. The fourth-order valence-electron chi connectivity index (χ4n) is 3.41. The molecule has 0 saturated carbocycles. The molecule has 4 nitrogen and oxygen atoms in total. The second-order valence-electron chi connectivity index (χ2n) is 7.82. The van der Waals surface area contributed by atoms with Gasteiger partial charge in [0.15, 0.2) is 0 Å². The highest BCUT2D eigenvalue weighted by molar-refractivity contribution is 5.73. The van der Waals surface area contributed by atoms with Crippen LogP contribution in [0.5, 0.6) is 0 Å². The molecule has 0 saturated heterocycles. The molecular weight excluding hydrogens is 312 g/mol. The Morgan fingerprint density at radius 2 is 1.88 bits per heavy atom. The van der Waals surface area contributed by atoms with E-state index in [1.807, 2.05) is 0 Å². The van der Waals surface area contributed by atoms with Gasteiger partial charge in [0.2, 0.25) is 0 Å². The molecule has 0 bridgehead atoms. The van der Waals surface area contributed by atoms with Crippen LogP contribution in [-0.2, 0) is 5.41 Å². The van der Waals surface area contributed by atoms with Gasteiger partial charge < -0.3 is 15.3 Å². The summed E-state index contributed by atoms with van der Waals surface area (Å²) in [7, 11) is 2.06. The molecule has 1 aliphatic heterocycles. The number of benzene rings is 2. The number of anilines is 1. The molecule has 132 valence electrons. The maximum absolute atomic E-state index is 11.1. The van der Waals surface area contributed by atoms with E-state index in [-0.39, 0.29) is 11.5 Å². The topological polar surface area (TPSA) is 52.6 Å². The zero-order chi connectivity index (χ0) is 18.2. The van der Waals surface area contributed by atoms with Crippen LogP contribution in [-0.4, -0.2) is 24.8 Å². The first-order chi connectivity index (χ1) is 11.8. The van der Waals surface area contributed by atoms with E-state index in [9.17, 15) is 4.79 Å². The highest BCUT2D eigenvalue weighted by atomic mass is 16.4. The van der Waals surface area contributed by atoms with Crippen molar-refractivity contribution in [2.75, 3.05) is 18.5 Å². The smallest absolute Gasteiger partial charge is 0.405 e. The van der Waals surface area contributed by atoms with Gasteiger partial charge in [-0.3, -0.25) is 0 Å². The van der Waals surface area contributed by atoms with E-state index in [4.69, 9.17) is 5.11 Å². The SMILES string of the molecule is CN1CCC(NC(=O)O)c2ccc(-c3cccc(C(C)(C)C)c3)cc21. The second-order valence-corrected chi connectivity index (χ2v) is 7.82. The van der Waals surface area contributed by atoms with Crippen molar-refractivity contribution in [1.29, 1.82) is 0 Å². The molecule has 1 unspecified atom stereocenters. The summed E-state index contributed by atoms with van der Waals surface area (Å²) in [5.41, 5.74) is 5.92. The lowest BCUT2D eigenvalue weighted by Crippen LogP contribution is -2.35. The summed E-state index contributed by atoms with van der Waals surface area (Å²) in [5.74, 6) is 0. The zero-order valence-corrected chi connectivity index (χ0v) is 15.3. The summed E-state index contributed by atoms with van der Waals surface area (Å²) in [6, 6.07) is 14.8. The lowest BCUT2D eigenvalue weighted by Gasteiger charge is -2.33. The fourth-order valence-corrected chi connectivity index (χ4v) is 3.41. The van der Waals surface area contributed by atoms with Crippen molar-refractivity contribution in [3.63, 3.8) is 0 Å². The predicted octanol–water partition coefficient (Wildman–Crippen LogP) is 4.80. The minimum atomic E-state index is -0.970. The van der Waals surface area contributed by atoms with Crippen molar-refractivity contribution in [3.05, 3.63) is 53.6 Å². The largest absolute Gasteiger partial charge is 0.465 e. The Morgan fingerprint density at radius 1 is 1.16 bits per heavy atom. The number of hydrogen-bond donors (Lipinski definition) is 2. The molecule has 0 aliphatic carbocycles. The van der Waals surface area contributed by atoms with E-state index in [2.05, 4.69) is 80.5 Å². The van der Waals surface area contributed by atoms with Crippen LogP contribution in [0.2, 0.25) is 0 Å². The maximum atomic E-state index is 11.1. The zero-order valence-electron chi connectivity index (χ0n) is 15.3. The van der Waals surface area contributed by atoms with Gasteiger partial charge in [0.05, 0.1) is 6.04 Å². The quantitative estimate of drug-likeness (QED) is 0.827. The van der Waals surface area contributed by atoms with E-state index in [1.165, 1.54) is 11.1 Å². The van der Waals surface area contributed by atoms with Crippen LogP contribution in [0.4, 0.5) is 10.5 Å². The number of nitrogens with one attached hydrogen (secondary N) is 1. The predicted molar refractivity (Wildman–Crippen MR) is 102 cm³/mol. The molecule has 0 radical (unpaired) electrons. The molecule has 25 heavy (non-hydrogen) atoms. The highest BCUT2D eigenvalue weighted by Gasteiger charge is 2.25.